The first-order valence-electron chi connectivity index (χ1n) is 31.1. The molecule has 0 N–H and O–H groups in total. The van der Waals surface area contributed by atoms with Gasteiger partial charge < -0.3 is 18.3 Å². The number of aryl methyl sites for hydroxylation is 4. The van der Waals surface area contributed by atoms with Crippen LogP contribution in [-0.2, 0) is 18.5 Å². The Morgan fingerprint density at radius 3 is 0.969 bits per heavy atom. The number of rotatable bonds is 6. The average Bonchev–Trinajstić information content (AvgIpc) is 1.57. The third kappa shape index (κ3) is 9.96. The minimum Gasteiger partial charge on any atom is -0.307 e. The van der Waals surface area contributed by atoms with Crippen LogP contribution in [-0.4, -0.2) is 18.3 Å². The molecule has 7 nitrogen and oxygen atoms in total. The zero-order valence-corrected chi connectivity index (χ0v) is 52.5. The number of nitriles is 1. The van der Waals surface area contributed by atoms with Gasteiger partial charge in [0.05, 0.1) is 102 Å². The van der Waals surface area contributed by atoms with Crippen molar-refractivity contribution in [1.82, 2.24) is 18.3 Å². The van der Waals surface area contributed by atoms with Crippen molar-refractivity contribution in [1.29, 1.82) is 5.26 Å². The zero-order valence-electron chi connectivity index (χ0n) is 52.5. The molecular weight excluding hydrogens is 1250 g/mol. The minimum atomic E-state index is -5.02. The molecule has 476 valence electrons. The third-order valence-corrected chi connectivity index (χ3v) is 18.4. The number of nitrogens with zero attached hydrogens (tertiary/aromatic N) is 7. The van der Waals surface area contributed by atoms with E-state index in [9.17, 15) is 31.6 Å². The van der Waals surface area contributed by atoms with Gasteiger partial charge in [0.2, 0.25) is 0 Å². The van der Waals surface area contributed by atoms with E-state index < -0.39 is 46.5 Å². The Morgan fingerprint density at radius 1 is 0.316 bits per heavy atom. The predicted octanol–water partition coefficient (Wildman–Crippen LogP) is 24.4. The molecule has 0 radical (unpaired) electrons. The Bertz CT molecular complexity index is 6190. The lowest BCUT2D eigenvalue weighted by atomic mass is 9.93. The van der Waals surface area contributed by atoms with E-state index in [1.54, 1.807) is 45.5 Å². The Balaban J connectivity index is 0.000000160. The molecule has 0 spiro atoms. The Kier molecular flexibility index (Phi) is 14.5. The first kappa shape index (κ1) is 61.8. The molecule has 0 unspecified atom stereocenters. The second-order valence-corrected chi connectivity index (χ2v) is 24.5. The lowest BCUT2D eigenvalue weighted by molar-refractivity contribution is -0.138. The second kappa shape index (κ2) is 23.0. The fraction of sp³-hybridized carbons (Fsp3) is 0.0854. The predicted molar refractivity (Wildman–Crippen MR) is 372 cm³/mol. The molecule has 0 saturated heterocycles. The number of hydrogen-bond donors (Lipinski definition) is 0. The molecule has 0 atom stereocenters. The van der Waals surface area contributed by atoms with Crippen molar-refractivity contribution < 1.29 is 39.5 Å². The van der Waals surface area contributed by atoms with E-state index in [0.717, 1.165) is 112 Å². The molecule has 98 heavy (non-hydrogen) atoms. The van der Waals surface area contributed by atoms with Crippen LogP contribution >= 0.6 is 0 Å². The summed E-state index contributed by atoms with van der Waals surface area (Å²) in [5.74, 6) is 0. The highest BCUT2D eigenvalue weighted by Crippen LogP contribution is 2.51. The van der Waals surface area contributed by atoms with Gasteiger partial charge in [-0.25, -0.2) is 9.69 Å². The number of benzene rings is 12. The van der Waals surface area contributed by atoms with Gasteiger partial charge >= 0.3 is 18.5 Å². The summed E-state index contributed by atoms with van der Waals surface area (Å²) in [6, 6.07) is 68.0. The Hall–Kier alpha value is -12.3. The van der Waals surface area contributed by atoms with Crippen LogP contribution in [0.5, 0.6) is 0 Å². The largest absolute Gasteiger partial charge is 0.418 e. The maximum absolute atomic E-state index is 15.7. The molecule has 0 aliphatic rings. The number of alkyl halides is 9. The zero-order chi connectivity index (χ0) is 68.4. The lowest BCUT2D eigenvalue weighted by Crippen LogP contribution is -2.15. The van der Waals surface area contributed by atoms with Crippen molar-refractivity contribution in [2.75, 3.05) is 0 Å². The summed E-state index contributed by atoms with van der Waals surface area (Å²) in [5, 5.41) is 17.8. The van der Waals surface area contributed by atoms with E-state index in [2.05, 4.69) is 27.9 Å². The lowest BCUT2D eigenvalue weighted by Gasteiger charge is -2.24. The average molecular weight is 1300 g/mol. The molecular formula is C82H50F9N7. The highest BCUT2D eigenvalue weighted by atomic mass is 19.4. The molecule has 0 bridgehead atoms. The summed E-state index contributed by atoms with van der Waals surface area (Å²) in [4.78, 5) is 6.83. The first-order chi connectivity index (χ1) is 47.1. The SMILES string of the molecule is [C-]#[N+]c1cccc(C(F)(F)F)c1-c1cc(-n2c3ccccc3c3cc(C)ccc32)c(-n2c3ccccc3c3cc(C)ccc32)c(C(F)(F)F)c1.[C-]#[N+]c1cccc(C(F)(F)F)c1-c1cc(C#N)c(-n2c3ccccc3c3cc(C)ccc32)c(-n2c3ccccc3c3cc(C)ccc32)c1. The maximum atomic E-state index is 15.7. The van der Waals surface area contributed by atoms with E-state index >= 15 is 13.2 Å². The highest BCUT2D eigenvalue weighted by molar-refractivity contribution is 6.14. The van der Waals surface area contributed by atoms with Crippen molar-refractivity contribution in [3.63, 3.8) is 0 Å². The van der Waals surface area contributed by atoms with Crippen LogP contribution in [0.1, 0.15) is 44.5 Å². The normalized spacial score (nSPS) is 12.1. The van der Waals surface area contributed by atoms with E-state index in [1.165, 1.54) is 30.3 Å². The van der Waals surface area contributed by atoms with Crippen LogP contribution in [0.15, 0.2) is 231 Å². The molecule has 0 amide bonds. The number of fused-ring (bicyclic) bond motifs is 12. The van der Waals surface area contributed by atoms with Crippen LogP contribution < -0.4 is 0 Å². The van der Waals surface area contributed by atoms with Crippen LogP contribution in [0, 0.1) is 52.2 Å². The fourth-order valence-electron chi connectivity index (χ4n) is 14.3. The summed E-state index contributed by atoms with van der Waals surface area (Å²) in [7, 11) is 0. The standard InChI is InChI=1S/C41H25F6N3.C41H25F3N4/c1-23-15-17-35-28(19-23)26-9-4-6-13-33(26)49(35)37-22-25(38-30(40(42,43)44)11-8-12-32(38)48-3)21-31(41(45,46)47)39(37)50-34-14-7-5-10-27(34)29-20-24(2)16-18-36(29)50;1-24-15-17-36-30(19-24)28-9-4-6-13-34(28)47(36)38-22-26(39-32(41(42,43)44)11-8-12-33(39)46-3)21-27(23-45)40(38)48-35-14-7-5-10-29(35)31-20-25(2)16-18-37(31)48/h4-22H,1-2H3;4-22H,1-2H3. The van der Waals surface area contributed by atoms with Gasteiger partial charge in [0.1, 0.15) is 6.07 Å². The molecule has 16 rings (SSSR count). The van der Waals surface area contributed by atoms with E-state index in [0.29, 0.717) is 33.4 Å². The van der Waals surface area contributed by atoms with Crippen LogP contribution in [0.4, 0.5) is 50.9 Å². The number of hydrogen-bond acceptors (Lipinski definition) is 1. The summed E-state index contributed by atoms with van der Waals surface area (Å²) < 4.78 is 142. The molecule has 12 aromatic carbocycles. The van der Waals surface area contributed by atoms with Gasteiger partial charge in [0.25, 0.3) is 0 Å². The van der Waals surface area contributed by atoms with Crippen LogP contribution in [0.25, 0.3) is 142 Å². The van der Waals surface area contributed by atoms with Gasteiger partial charge in [-0.1, -0.05) is 156 Å². The van der Waals surface area contributed by atoms with Gasteiger partial charge in [-0.05, 0) is 147 Å². The van der Waals surface area contributed by atoms with Crippen molar-refractivity contribution in [2.45, 2.75) is 46.2 Å². The van der Waals surface area contributed by atoms with Gasteiger partial charge in [-0.2, -0.15) is 44.8 Å². The number of para-hydroxylation sites is 4. The second-order valence-electron chi connectivity index (χ2n) is 24.5. The third-order valence-electron chi connectivity index (χ3n) is 18.4. The minimum absolute atomic E-state index is 0.0148. The molecule has 16 heteroatoms. The highest BCUT2D eigenvalue weighted by Gasteiger charge is 2.41. The molecule has 0 fully saturated rings. The van der Waals surface area contributed by atoms with E-state index in [1.807, 2.05) is 164 Å². The van der Waals surface area contributed by atoms with Crippen molar-refractivity contribution >= 4 is 98.6 Å². The first-order valence-corrected chi connectivity index (χ1v) is 31.1. The van der Waals surface area contributed by atoms with Crippen LogP contribution in [0.3, 0.4) is 0 Å². The van der Waals surface area contributed by atoms with E-state index in [-0.39, 0.29) is 39.3 Å². The van der Waals surface area contributed by atoms with Gasteiger partial charge in [-0.3, -0.25) is 0 Å². The van der Waals surface area contributed by atoms with Crippen LogP contribution in [0.2, 0.25) is 0 Å². The fourth-order valence-corrected chi connectivity index (χ4v) is 14.3. The quantitative estimate of drug-likeness (QED) is 0.121. The molecule has 16 aromatic rings. The molecule has 4 aromatic heterocycles. The topological polar surface area (TPSA) is 52.2 Å². The Morgan fingerprint density at radius 2 is 0.622 bits per heavy atom. The van der Waals surface area contributed by atoms with Gasteiger partial charge in [-0.15, -0.1) is 0 Å². The van der Waals surface area contributed by atoms with Crippen molar-refractivity contribution in [2.24, 2.45) is 0 Å². The summed E-state index contributed by atoms with van der Waals surface area (Å²) in [6.07, 6.45) is -14.7. The van der Waals surface area contributed by atoms with Crippen molar-refractivity contribution in [3.8, 4) is 51.1 Å². The smallest absolute Gasteiger partial charge is 0.307 e. The van der Waals surface area contributed by atoms with Crippen molar-refractivity contribution in [3.05, 3.63) is 298 Å². The Labute approximate surface area is 554 Å². The molecule has 0 saturated carbocycles. The number of halogens is 9. The van der Waals surface area contributed by atoms with E-state index in [4.69, 9.17) is 13.1 Å². The van der Waals surface area contributed by atoms with Gasteiger partial charge in [0.15, 0.2) is 11.4 Å². The molecule has 4 heterocycles. The van der Waals surface area contributed by atoms with Gasteiger partial charge in [0, 0.05) is 43.1 Å². The summed E-state index contributed by atoms with van der Waals surface area (Å²) >= 11 is 0. The monoisotopic (exact) mass is 1300 g/mol. The molecule has 0 aliphatic carbocycles. The maximum Gasteiger partial charge on any atom is 0.418 e. The summed E-state index contributed by atoms with van der Waals surface area (Å²) in [5.41, 5.74) is 5.67. The number of aromatic nitrogens is 4. The molecule has 0 aliphatic heterocycles. The summed E-state index contributed by atoms with van der Waals surface area (Å²) in [6.45, 7) is 23.4.